The van der Waals surface area contributed by atoms with Gasteiger partial charge < -0.3 is 9.47 Å². The number of pyridine rings is 1. The van der Waals surface area contributed by atoms with Crippen molar-refractivity contribution in [3.63, 3.8) is 0 Å². The molecule has 0 aliphatic carbocycles. The summed E-state index contributed by atoms with van der Waals surface area (Å²) >= 11 is 0. The normalized spacial score (nSPS) is 20.0. The first-order valence-electron chi connectivity index (χ1n) is 12.7. The quantitative estimate of drug-likeness (QED) is 0.460. The first-order valence-corrected chi connectivity index (χ1v) is 14.2. The zero-order chi connectivity index (χ0) is 26.9. The fourth-order valence-electron chi connectivity index (χ4n) is 5.13. The smallest absolute Gasteiger partial charge is 0.268 e. The van der Waals surface area contributed by atoms with Gasteiger partial charge in [-0.3, -0.25) is 9.69 Å². The Bertz CT molecular complexity index is 1420. The second-order valence-electron chi connectivity index (χ2n) is 9.76. The van der Waals surface area contributed by atoms with Crippen LogP contribution in [0, 0.1) is 11.6 Å². The summed E-state index contributed by atoms with van der Waals surface area (Å²) in [6, 6.07) is 6.80. The molecule has 2 saturated heterocycles. The van der Waals surface area contributed by atoms with Gasteiger partial charge in [-0.05, 0) is 44.5 Å². The number of benzene rings is 1. The highest BCUT2D eigenvalue weighted by Gasteiger charge is 2.35. The molecular weight excluding hydrogens is 518 g/mol. The minimum absolute atomic E-state index is 0.00657. The predicted molar refractivity (Wildman–Crippen MR) is 135 cm³/mol. The van der Waals surface area contributed by atoms with Crippen molar-refractivity contribution in [1.29, 1.82) is 0 Å². The summed E-state index contributed by atoms with van der Waals surface area (Å²) < 4.78 is 70.4. The van der Waals surface area contributed by atoms with Crippen LogP contribution >= 0.6 is 0 Å². The van der Waals surface area contributed by atoms with Gasteiger partial charge in [0.05, 0.1) is 35.7 Å². The number of aromatic nitrogens is 2. The maximum atomic E-state index is 14.9. The Kier molecular flexibility index (Phi) is 7.64. The minimum atomic E-state index is -4.07. The van der Waals surface area contributed by atoms with E-state index in [9.17, 15) is 22.0 Å². The summed E-state index contributed by atoms with van der Waals surface area (Å²) in [5, 5.41) is 3.10. The lowest BCUT2D eigenvalue weighted by atomic mass is 10.0. The van der Waals surface area contributed by atoms with Gasteiger partial charge in [0, 0.05) is 43.3 Å². The summed E-state index contributed by atoms with van der Waals surface area (Å²) in [7, 11) is -4.07. The maximum Gasteiger partial charge on any atom is 0.268 e. The monoisotopic (exact) mass is 548 g/mol. The number of fused-ring (bicyclic) bond motifs is 1. The van der Waals surface area contributed by atoms with Crippen LogP contribution < -0.4 is 9.46 Å². The molecule has 2 aliphatic rings. The highest BCUT2D eigenvalue weighted by atomic mass is 32.2. The Hall–Kier alpha value is -3.09. The number of nitrogens with one attached hydrogen (secondary N) is 1. The minimum Gasteiger partial charge on any atom is -0.487 e. The number of carbonyl (C=O) groups excluding carboxylic acids is 1. The van der Waals surface area contributed by atoms with E-state index in [1.807, 2.05) is 4.90 Å². The fourth-order valence-corrected chi connectivity index (χ4v) is 6.09. The molecule has 4 heterocycles. The number of amides is 1. The molecule has 0 unspecified atom stereocenters. The number of rotatable bonds is 8. The molecule has 38 heavy (non-hydrogen) atoms. The van der Waals surface area contributed by atoms with E-state index in [0.29, 0.717) is 50.1 Å². The Morgan fingerprint density at radius 1 is 1.24 bits per heavy atom. The van der Waals surface area contributed by atoms with E-state index in [1.54, 1.807) is 24.4 Å². The van der Waals surface area contributed by atoms with Crippen LogP contribution in [0.4, 0.5) is 8.78 Å². The van der Waals surface area contributed by atoms with Gasteiger partial charge in [0.1, 0.15) is 11.9 Å². The average Bonchev–Trinajstić information content (AvgIpc) is 3.53. The molecule has 9 nitrogen and oxygen atoms in total. The van der Waals surface area contributed by atoms with Crippen LogP contribution in [0.15, 0.2) is 42.7 Å². The molecule has 204 valence electrons. The van der Waals surface area contributed by atoms with E-state index in [2.05, 4.69) is 9.82 Å². The molecule has 1 N–H and O–H groups in total. The van der Waals surface area contributed by atoms with Gasteiger partial charge in [-0.15, -0.1) is 0 Å². The van der Waals surface area contributed by atoms with E-state index < -0.39 is 38.9 Å². The molecule has 2 atom stereocenters. The number of hydrogen-bond donors (Lipinski definition) is 1. The number of nitrogens with zero attached hydrogens (tertiary/aromatic N) is 3. The maximum absolute atomic E-state index is 14.9. The van der Waals surface area contributed by atoms with Gasteiger partial charge in [0.15, 0.2) is 11.6 Å². The van der Waals surface area contributed by atoms with E-state index in [0.717, 1.165) is 12.5 Å². The van der Waals surface area contributed by atoms with Crippen LogP contribution in [0.2, 0.25) is 0 Å². The molecule has 0 bridgehead atoms. The van der Waals surface area contributed by atoms with Crippen LogP contribution in [-0.4, -0.2) is 66.5 Å². The topological polar surface area (TPSA) is 102 Å². The third kappa shape index (κ3) is 5.52. The van der Waals surface area contributed by atoms with E-state index in [-0.39, 0.29) is 24.0 Å². The Morgan fingerprint density at radius 2 is 2.03 bits per heavy atom. The SMILES string of the molecule is C[C@H](CN1CCC[C@@H]1c1cc(F)cc(F)c1OC1CCOCC1)S(=O)(=O)NC(=O)c1cnn2ccccc12. The van der Waals surface area contributed by atoms with Gasteiger partial charge in [-0.1, -0.05) is 6.07 Å². The second-order valence-corrected chi connectivity index (χ2v) is 11.9. The number of ether oxygens (including phenoxy) is 2. The van der Waals surface area contributed by atoms with Crippen molar-refractivity contribution in [3.05, 3.63) is 65.5 Å². The van der Waals surface area contributed by atoms with Crippen molar-refractivity contribution in [2.24, 2.45) is 0 Å². The average molecular weight is 549 g/mol. The van der Waals surface area contributed by atoms with Crippen molar-refractivity contribution < 1.29 is 31.5 Å². The van der Waals surface area contributed by atoms with E-state index in [4.69, 9.17) is 9.47 Å². The number of sulfonamides is 1. The van der Waals surface area contributed by atoms with E-state index >= 15 is 0 Å². The number of carbonyl (C=O) groups is 1. The summed E-state index contributed by atoms with van der Waals surface area (Å²) in [5.74, 6) is -2.26. The van der Waals surface area contributed by atoms with Gasteiger partial charge in [-0.2, -0.15) is 5.10 Å². The van der Waals surface area contributed by atoms with Crippen molar-refractivity contribution in [3.8, 4) is 5.75 Å². The van der Waals surface area contributed by atoms with Crippen molar-refractivity contribution in [2.75, 3.05) is 26.3 Å². The molecule has 2 aromatic heterocycles. The van der Waals surface area contributed by atoms with Crippen LogP contribution in [0.25, 0.3) is 5.52 Å². The molecule has 5 rings (SSSR count). The number of hydrogen-bond acceptors (Lipinski definition) is 7. The number of halogens is 2. The van der Waals surface area contributed by atoms with Gasteiger partial charge in [0.25, 0.3) is 5.91 Å². The molecule has 0 saturated carbocycles. The Morgan fingerprint density at radius 3 is 2.82 bits per heavy atom. The summed E-state index contributed by atoms with van der Waals surface area (Å²) in [5.41, 5.74) is 0.995. The van der Waals surface area contributed by atoms with Crippen molar-refractivity contribution >= 4 is 21.4 Å². The zero-order valence-corrected chi connectivity index (χ0v) is 21.8. The standard InChI is InChI=1S/C26H30F2N4O5S/c1-17(38(34,35)30-26(33)21-15-29-32-10-3-2-5-24(21)32)16-31-9-4-6-23(31)20-13-18(27)14-22(28)25(20)37-19-7-11-36-12-8-19/h2-3,5,10,13-15,17,19,23H,4,6-9,11-12,16H2,1H3,(H,30,33)/t17-,23-/m1/s1. The van der Waals surface area contributed by atoms with Gasteiger partial charge >= 0.3 is 0 Å². The molecular formula is C26H30F2N4O5S. The highest BCUT2D eigenvalue weighted by Crippen LogP contribution is 2.40. The molecule has 0 radical (unpaired) electrons. The van der Waals surface area contributed by atoms with Crippen molar-refractivity contribution in [2.45, 2.75) is 50.0 Å². The first kappa shape index (κ1) is 26.5. The summed E-state index contributed by atoms with van der Waals surface area (Å²) in [4.78, 5) is 14.7. The number of likely N-dealkylation sites (tertiary alicyclic amines) is 1. The zero-order valence-electron chi connectivity index (χ0n) is 21.0. The molecule has 1 aromatic carbocycles. The fraction of sp³-hybridized carbons (Fsp3) is 0.462. The lowest BCUT2D eigenvalue weighted by molar-refractivity contribution is 0.0230. The highest BCUT2D eigenvalue weighted by molar-refractivity contribution is 7.90. The Labute approximate surface area is 219 Å². The van der Waals surface area contributed by atoms with Crippen molar-refractivity contribution in [1.82, 2.24) is 19.2 Å². The van der Waals surface area contributed by atoms with E-state index in [1.165, 1.54) is 23.7 Å². The van der Waals surface area contributed by atoms with Crippen LogP contribution in [0.1, 0.15) is 54.6 Å². The molecule has 3 aromatic rings. The Balaban J connectivity index is 1.32. The molecule has 0 spiro atoms. The van der Waals surface area contributed by atoms with Crippen LogP contribution in [0.5, 0.6) is 5.75 Å². The third-order valence-electron chi connectivity index (χ3n) is 7.14. The molecule has 1 amide bonds. The lowest BCUT2D eigenvalue weighted by Gasteiger charge is -2.30. The summed E-state index contributed by atoms with van der Waals surface area (Å²) in [6.07, 6.45) is 5.26. The summed E-state index contributed by atoms with van der Waals surface area (Å²) in [6.45, 7) is 3.13. The predicted octanol–water partition coefficient (Wildman–Crippen LogP) is 3.46. The first-order chi connectivity index (χ1) is 18.2. The molecule has 2 aliphatic heterocycles. The molecule has 2 fully saturated rings. The van der Waals surface area contributed by atoms with Crippen LogP contribution in [0.3, 0.4) is 0 Å². The molecule has 12 heteroatoms. The lowest BCUT2D eigenvalue weighted by Crippen LogP contribution is -2.43. The van der Waals surface area contributed by atoms with Gasteiger partial charge in [-0.25, -0.2) is 26.4 Å². The van der Waals surface area contributed by atoms with Gasteiger partial charge in [0.2, 0.25) is 10.0 Å². The van der Waals surface area contributed by atoms with Crippen LogP contribution in [-0.2, 0) is 14.8 Å². The largest absolute Gasteiger partial charge is 0.487 e. The second kappa shape index (κ2) is 11.0. The third-order valence-corrected chi connectivity index (χ3v) is 8.82.